The summed E-state index contributed by atoms with van der Waals surface area (Å²) in [5, 5.41) is 9.82. The largest absolute Gasteiger partial charge is 0.475 e. The summed E-state index contributed by atoms with van der Waals surface area (Å²) in [6, 6.07) is 10.1. The maximum Gasteiger partial charge on any atom is 0.372 e. The van der Waals surface area contributed by atoms with Crippen molar-refractivity contribution in [3.63, 3.8) is 0 Å². The lowest BCUT2D eigenvalue weighted by Crippen LogP contribution is -2.33. The van der Waals surface area contributed by atoms with Gasteiger partial charge in [-0.3, -0.25) is 4.90 Å². The number of aromatic nitrogens is 3. The van der Waals surface area contributed by atoms with Crippen molar-refractivity contribution in [3.8, 4) is 5.88 Å². The molecule has 1 saturated heterocycles. The molecule has 1 atom stereocenters. The molecule has 0 saturated carbocycles. The number of aromatic carboxylic acids is 1. The molecule has 5 heterocycles. The number of carboxylic acid groups (broad SMARTS) is 1. The first kappa shape index (κ1) is 26.5. The topological polar surface area (TPSA) is 103 Å². The molecule has 6 rings (SSSR count). The Morgan fingerprint density at radius 2 is 2.12 bits per heavy atom. The SMILES string of the molecule is Cc1c(C(=O)O)oc2nc(CN3CC=C(c4cccc(OCc5ccc(Cl)cc5F)n4)CC3)n(CC3CCO3)c12. The summed E-state index contributed by atoms with van der Waals surface area (Å²) in [6.45, 7) is 5.24. The fraction of sp³-hybridized carbons (Fsp3) is 0.345. The van der Waals surface area contributed by atoms with E-state index >= 15 is 0 Å². The molecular formula is C29H28ClFN4O5. The van der Waals surface area contributed by atoms with Gasteiger partial charge in [0.25, 0.3) is 0 Å². The second-order valence-corrected chi connectivity index (χ2v) is 10.5. The minimum absolute atomic E-state index is 0.0567. The molecule has 40 heavy (non-hydrogen) atoms. The number of fused-ring (bicyclic) bond motifs is 1. The lowest BCUT2D eigenvalue weighted by Gasteiger charge is -2.29. The van der Waals surface area contributed by atoms with Crippen molar-refractivity contribution in [2.24, 2.45) is 0 Å². The number of aryl methyl sites for hydroxylation is 1. The highest BCUT2D eigenvalue weighted by Crippen LogP contribution is 2.30. The van der Waals surface area contributed by atoms with Crippen LogP contribution in [0.25, 0.3) is 16.8 Å². The van der Waals surface area contributed by atoms with E-state index in [2.05, 4.69) is 25.5 Å². The molecule has 0 amide bonds. The maximum absolute atomic E-state index is 14.1. The Bertz CT molecular complexity index is 1610. The van der Waals surface area contributed by atoms with Crippen LogP contribution in [0.2, 0.25) is 5.02 Å². The van der Waals surface area contributed by atoms with Crippen LogP contribution in [0.4, 0.5) is 4.39 Å². The molecular weight excluding hydrogens is 539 g/mol. The van der Waals surface area contributed by atoms with E-state index in [0.29, 0.717) is 47.4 Å². The van der Waals surface area contributed by atoms with Gasteiger partial charge >= 0.3 is 5.97 Å². The first-order valence-electron chi connectivity index (χ1n) is 13.1. The van der Waals surface area contributed by atoms with Crippen LogP contribution in [0.1, 0.15) is 46.0 Å². The molecule has 1 N–H and O–H groups in total. The molecule has 0 spiro atoms. The molecule has 0 radical (unpaired) electrons. The predicted octanol–water partition coefficient (Wildman–Crippen LogP) is 5.48. The number of halogens is 2. The Balaban J connectivity index is 1.15. The zero-order valence-electron chi connectivity index (χ0n) is 21.9. The van der Waals surface area contributed by atoms with Gasteiger partial charge in [-0.1, -0.05) is 29.8 Å². The van der Waals surface area contributed by atoms with Crippen LogP contribution in [-0.2, 0) is 24.4 Å². The van der Waals surface area contributed by atoms with E-state index in [1.54, 1.807) is 25.1 Å². The standard InChI is InChI=1S/C29H28ClFN4O5/c1-17-26-28(40-27(17)29(36)37)33-24(35(26)14-21-9-12-38-21)15-34-10-7-18(8-11-34)23-3-2-4-25(32-23)39-16-19-5-6-20(30)13-22(19)31/h2-7,13,21H,8-12,14-16H2,1H3,(H,36,37). The number of rotatable bonds is 9. The van der Waals surface area contributed by atoms with E-state index in [-0.39, 0.29) is 18.5 Å². The summed E-state index contributed by atoms with van der Waals surface area (Å²) < 4.78 is 33.2. The van der Waals surface area contributed by atoms with Crippen molar-refractivity contribution in [2.75, 3.05) is 19.7 Å². The van der Waals surface area contributed by atoms with E-state index < -0.39 is 11.8 Å². The second kappa shape index (κ2) is 11.0. The number of furan rings is 1. The van der Waals surface area contributed by atoms with Crippen LogP contribution in [0.5, 0.6) is 5.88 Å². The van der Waals surface area contributed by atoms with Gasteiger partial charge in [-0.05, 0) is 43.5 Å². The molecule has 4 aromatic rings. The van der Waals surface area contributed by atoms with Crippen LogP contribution < -0.4 is 4.74 Å². The normalized spacial score (nSPS) is 17.6. The van der Waals surface area contributed by atoms with Gasteiger partial charge in [-0.2, -0.15) is 4.98 Å². The zero-order valence-corrected chi connectivity index (χ0v) is 22.7. The Labute approximate surface area is 234 Å². The Morgan fingerprint density at radius 1 is 1.27 bits per heavy atom. The maximum atomic E-state index is 14.1. The summed E-state index contributed by atoms with van der Waals surface area (Å²) in [6.07, 6.45) is 3.98. The predicted molar refractivity (Wildman–Crippen MR) is 146 cm³/mol. The lowest BCUT2D eigenvalue weighted by atomic mass is 10.0. The summed E-state index contributed by atoms with van der Waals surface area (Å²) >= 11 is 5.83. The van der Waals surface area contributed by atoms with E-state index in [0.717, 1.165) is 48.6 Å². The highest BCUT2D eigenvalue weighted by Gasteiger charge is 2.28. The number of carbonyl (C=O) groups is 1. The molecule has 0 aliphatic carbocycles. The van der Waals surface area contributed by atoms with Gasteiger partial charge in [-0.15, -0.1) is 0 Å². The van der Waals surface area contributed by atoms with Crippen LogP contribution in [0, 0.1) is 12.7 Å². The number of ether oxygens (including phenoxy) is 2. The highest BCUT2D eigenvalue weighted by atomic mass is 35.5. The Morgan fingerprint density at radius 3 is 2.83 bits per heavy atom. The fourth-order valence-electron chi connectivity index (χ4n) is 5.10. The number of nitrogens with zero attached hydrogens (tertiary/aromatic N) is 4. The van der Waals surface area contributed by atoms with E-state index in [1.165, 1.54) is 6.07 Å². The van der Waals surface area contributed by atoms with Crippen molar-refractivity contribution in [2.45, 2.75) is 45.6 Å². The van der Waals surface area contributed by atoms with E-state index in [1.807, 2.05) is 12.1 Å². The second-order valence-electron chi connectivity index (χ2n) is 10.0. The van der Waals surface area contributed by atoms with Gasteiger partial charge in [0.1, 0.15) is 23.8 Å². The summed E-state index contributed by atoms with van der Waals surface area (Å²) in [5.74, 6) is -0.338. The van der Waals surface area contributed by atoms with Crippen molar-refractivity contribution < 1.29 is 28.2 Å². The quantitative estimate of drug-likeness (QED) is 0.284. The van der Waals surface area contributed by atoms with Gasteiger partial charge in [0, 0.05) is 41.9 Å². The average Bonchev–Trinajstić information content (AvgIpc) is 3.42. The van der Waals surface area contributed by atoms with Gasteiger partial charge in [0.15, 0.2) is 0 Å². The van der Waals surface area contributed by atoms with Crippen molar-refractivity contribution in [1.82, 2.24) is 19.4 Å². The van der Waals surface area contributed by atoms with E-state index in [9.17, 15) is 14.3 Å². The fourth-order valence-corrected chi connectivity index (χ4v) is 5.25. The summed E-state index contributed by atoms with van der Waals surface area (Å²) in [5.41, 5.74) is 3.99. The van der Waals surface area contributed by atoms with Crippen molar-refractivity contribution in [3.05, 3.63) is 81.7 Å². The molecule has 1 unspecified atom stereocenters. The third-order valence-electron chi connectivity index (χ3n) is 7.38. The average molecular weight is 567 g/mol. The lowest BCUT2D eigenvalue weighted by molar-refractivity contribution is -0.0592. The monoisotopic (exact) mass is 566 g/mol. The number of hydrogen-bond donors (Lipinski definition) is 1. The minimum atomic E-state index is -1.10. The molecule has 11 heteroatoms. The smallest absolute Gasteiger partial charge is 0.372 e. The molecule has 9 nitrogen and oxygen atoms in total. The molecule has 208 valence electrons. The van der Waals surface area contributed by atoms with Gasteiger partial charge < -0.3 is 23.6 Å². The zero-order chi connectivity index (χ0) is 27.8. The van der Waals surface area contributed by atoms with Crippen LogP contribution >= 0.6 is 11.6 Å². The van der Waals surface area contributed by atoms with Crippen LogP contribution in [-0.4, -0.2) is 56.3 Å². The van der Waals surface area contributed by atoms with Gasteiger partial charge in [0.05, 0.1) is 24.9 Å². The first-order valence-corrected chi connectivity index (χ1v) is 13.5. The molecule has 2 aliphatic heterocycles. The number of carboxylic acids is 1. The van der Waals surface area contributed by atoms with Crippen molar-refractivity contribution in [1.29, 1.82) is 0 Å². The third kappa shape index (κ3) is 5.34. The number of benzene rings is 1. The minimum Gasteiger partial charge on any atom is -0.475 e. The van der Waals surface area contributed by atoms with E-state index in [4.69, 9.17) is 25.5 Å². The number of pyridine rings is 1. The summed E-state index contributed by atoms with van der Waals surface area (Å²) in [4.78, 5) is 23.2. The molecule has 3 aromatic heterocycles. The number of hydrogen-bond acceptors (Lipinski definition) is 7. The molecule has 0 bridgehead atoms. The highest BCUT2D eigenvalue weighted by molar-refractivity contribution is 6.30. The first-order chi connectivity index (χ1) is 19.4. The third-order valence-corrected chi connectivity index (χ3v) is 7.62. The Hall–Kier alpha value is -3.73. The molecule has 1 aromatic carbocycles. The molecule has 2 aliphatic rings. The molecule has 1 fully saturated rings. The van der Waals surface area contributed by atoms with Crippen molar-refractivity contribution >= 4 is 34.4 Å². The summed E-state index contributed by atoms with van der Waals surface area (Å²) in [7, 11) is 0. The van der Waals surface area contributed by atoms with Crippen LogP contribution in [0.15, 0.2) is 46.9 Å². The Kier molecular flexibility index (Phi) is 7.31. The van der Waals surface area contributed by atoms with Gasteiger partial charge in [0.2, 0.25) is 17.4 Å². The van der Waals surface area contributed by atoms with Gasteiger partial charge in [-0.25, -0.2) is 14.2 Å². The van der Waals surface area contributed by atoms with Crippen LogP contribution in [0.3, 0.4) is 0 Å². The number of imidazole rings is 1.